The number of hydrogen-bond donors (Lipinski definition) is 1. The molecule has 1 saturated heterocycles. The summed E-state index contributed by atoms with van der Waals surface area (Å²) < 4.78 is 7.86. The average molecular weight is 415 g/mol. The maximum absolute atomic E-state index is 5.51. The highest BCUT2D eigenvalue weighted by Gasteiger charge is 2.18. The fraction of sp³-hybridized carbons (Fsp3) is 0.316. The standard InChI is InChI=1S/C19H22N6OS2/c1-26-17-4-2-15(3-5-17)21-18-22-25(19(27)28-18)14-23-10-12-24(13-11-23)16-6-8-20-9-7-16/h2-9H,10-14H2,1H3,(H,21,22). The van der Waals surface area contributed by atoms with Gasteiger partial charge in [0.25, 0.3) is 0 Å². The SMILES string of the molecule is COc1ccc(Nc2nn(CN3CCN(c4ccncc4)CC3)c(=S)s2)cc1. The Kier molecular flexibility index (Phi) is 5.84. The van der Waals surface area contributed by atoms with E-state index in [-0.39, 0.29) is 0 Å². The van der Waals surface area contributed by atoms with Crippen LogP contribution in [0, 0.1) is 3.95 Å². The summed E-state index contributed by atoms with van der Waals surface area (Å²) in [5.41, 5.74) is 2.19. The molecule has 1 aliphatic rings. The van der Waals surface area contributed by atoms with Crippen LogP contribution < -0.4 is 15.0 Å². The van der Waals surface area contributed by atoms with Crippen molar-refractivity contribution in [1.82, 2.24) is 19.7 Å². The molecule has 0 radical (unpaired) electrons. The minimum Gasteiger partial charge on any atom is -0.497 e. The normalized spacial score (nSPS) is 14.8. The highest BCUT2D eigenvalue weighted by molar-refractivity contribution is 7.73. The van der Waals surface area contributed by atoms with Crippen LogP contribution in [-0.4, -0.2) is 53.0 Å². The van der Waals surface area contributed by atoms with Gasteiger partial charge in [0.15, 0.2) is 3.95 Å². The lowest BCUT2D eigenvalue weighted by Crippen LogP contribution is -2.46. The number of methoxy groups -OCH3 is 1. The molecule has 0 bridgehead atoms. The van der Waals surface area contributed by atoms with E-state index in [1.807, 2.05) is 41.3 Å². The first kappa shape index (κ1) is 18.9. The van der Waals surface area contributed by atoms with Gasteiger partial charge in [-0.05, 0) is 48.6 Å². The summed E-state index contributed by atoms with van der Waals surface area (Å²) in [7, 11) is 1.66. The van der Waals surface area contributed by atoms with Gasteiger partial charge in [-0.25, -0.2) is 4.68 Å². The van der Waals surface area contributed by atoms with Crippen LogP contribution in [0.1, 0.15) is 0 Å². The molecule has 3 heterocycles. The lowest BCUT2D eigenvalue weighted by atomic mass is 10.3. The predicted molar refractivity (Wildman–Crippen MR) is 115 cm³/mol. The third-order valence-corrected chi connectivity index (χ3v) is 5.90. The quantitative estimate of drug-likeness (QED) is 0.619. The zero-order chi connectivity index (χ0) is 19.3. The Hall–Kier alpha value is -2.49. The van der Waals surface area contributed by atoms with Gasteiger partial charge in [-0.15, -0.1) is 5.10 Å². The van der Waals surface area contributed by atoms with Crippen molar-refractivity contribution in [2.45, 2.75) is 6.67 Å². The Balaban J connectivity index is 1.35. The molecule has 0 unspecified atom stereocenters. The van der Waals surface area contributed by atoms with Gasteiger partial charge < -0.3 is 15.0 Å². The van der Waals surface area contributed by atoms with Crippen molar-refractivity contribution in [3.05, 3.63) is 52.7 Å². The van der Waals surface area contributed by atoms with Gasteiger partial charge >= 0.3 is 0 Å². The molecule has 2 aromatic heterocycles. The Morgan fingerprint density at radius 3 is 2.46 bits per heavy atom. The van der Waals surface area contributed by atoms with Gasteiger partial charge in [0.1, 0.15) is 5.75 Å². The van der Waals surface area contributed by atoms with E-state index >= 15 is 0 Å². The van der Waals surface area contributed by atoms with Crippen LogP contribution in [0.3, 0.4) is 0 Å². The molecule has 1 aliphatic heterocycles. The second-order valence-corrected chi connectivity index (χ2v) is 8.10. The highest BCUT2D eigenvalue weighted by atomic mass is 32.1. The highest BCUT2D eigenvalue weighted by Crippen LogP contribution is 2.23. The van der Waals surface area contributed by atoms with Gasteiger partial charge in [-0.3, -0.25) is 9.88 Å². The smallest absolute Gasteiger partial charge is 0.209 e. The molecule has 0 spiro atoms. The first-order valence-electron chi connectivity index (χ1n) is 9.07. The summed E-state index contributed by atoms with van der Waals surface area (Å²) in [4.78, 5) is 8.85. The van der Waals surface area contributed by atoms with Crippen molar-refractivity contribution in [1.29, 1.82) is 0 Å². The van der Waals surface area contributed by atoms with E-state index in [4.69, 9.17) is 17.0 Å². The van der Waals surface area contributed by atoms with Crippen molar-refractivity contribution in [2.75, 3.05) is 43.5 Å². The molecule has 3 aromatic rings. The van der Waals surface area contributed by atoms with Gasteiger partial charge in [0, 0.05) is 49.9 Å². The largest absolute Gasteiger partial charge is 0.497 e. The molecule has 1 N–H and O–H groups in total. The zero-order valence-electron chi connectivity index (χ0n) is 15.6. The van der Waals surface area contributed by atoms with E-state index in [0.29, 0.717) is 6.67 Å². The molecular weight excluding hydrogens is 392 g/mol. The summed E-state index contributed by atoms with van der Waals surface area (Å²) in [6, 6.07) is 11.9. The Labute approximate surface area is 173 Å². The Morgan fingerprint density at radius 1 is 1.07 bits per heavy atom. The molecule has 0 saturated carbocycles. The van der Waals surface area contributed by atoms with Crippen LogP contribution in [0.5, 0.6) is 5.75 Å². The molecule has 0 aliphatic carbocycles. The molecule has 1 fully saturated rings. The van der Waals surface area contributed by atoms with E-state index in [1.165, 1.54) is 17.0 Å². The maximum atomic E-state index is 5.51. The predicted octanol–water partition coefficient (Wildman–Crippen LogP) is 3.60. The molecule has 7 nitrogen and oxygen atoms in total. The van der Waals surface area contributed by atoms with Crippen LogP contribution in [0.15, 0.2) is 48.8 Å². The van der Waals surface area contributed by atoms with Crippen molar-refractivity contribution in [2.24, 2.45) is 0 Å². The summed E-state index contributed by atoms with van der Waals surface area (Å²) >= 11 is 7.00. The number of nitrogens with one attached hydrogen (secondary N) is 1. The summed E-state index contributed by atoms with van der Waals surface area (Å²) in [5.74, 6) is 0.828. The van der Waals surface area contributed by atoms with Crippen LogP contribution in [0.2, 0.25) is 0 Å². The first-order chi connectivity index (χ1) is 13.7. The minimum atomic E-state index is 0.712. The van der Waals surface area contributed by atoms with E-state index < -0.39 is 0 Å². The second-order valence-electron chi connectivity index (χ2n) is 6.48. The number of pyridine rings is 1. The maximum Gasteiger partial charge on any atom is 0.209 e. The van der Waals surface area contributed by atoms with Crippen LogP contribution >= 0.6 is 23.6 Å². The topological polar surface area (TPSA) is 58.5 Å². The van der Waals surface area contributed by atoms with Crippen LogP contribution in [0.4, 0.5) is 16.5 Å². The van der Waals surface area contributed by atoms with Crippen LogP contribution in [-0.2, 0) is 6.67 Å². The molecule has 9 heteroatoms. The number of piperazine rings is 1. The number of ether oxygens (including phenoxy) is 1. The zero-order valence-corrected chi connectivity index (χ0v) is 17.2. The van der Waals surface area contributed by atoms with Crippen molar-refractivity contribution in [3.8, 4) is 5.75 Å². The van der Waals surface area contributed by atoms with E-state index in [2.05, 4.69) is 37.3 Å². The Morgan fingerprint density at radius 2 is 1.79 bits per heavy atom. The van der Waals surface area contributed by atoms with Crippen molar-refractivity contribution in [3.63, 3.8) is 0 Å². The number of benzene rings is 1. The number of aromatic nitrogens is 3. The minimum absolute atomic E-state index is 0.712. The number of hydrogen-bond acceptors (Lipinski definition) is 8. The average Bonchev–Trinajstić information content (AvgIpc) is 3.08. The van der Waals surface area contributed by atoms with Crippen molar-refractivity contribution >= 4 is 40.1 Å². The number of anilines is 3. The fourth-order valence-electron chi connectivity index (χ4n) is 3.14. The van der Waals surface area contributed by atoms with Gasteiger partial charge in [-0.2, -0.15) is 0 Å². The third kappa shape index (κ3) is 4.49. The lowest BCUT2D eigenvalue weighted by molar-refractivity contribution is 0.195. The van der Waals surface area contributed by atoms with Gasteiger partial charge in [0.2, 0.25) is 5.13 Å². The number of nitrogens with zero attached hydrogens (tertiary/aromatic N) is 5. The van der Waals surface area contributed by atoms with E-state index in [1.54, 1.807) is 7.11 Å². The van der Waals surface area contributed by atoms with Gasteiger partial charge in [-0.1, -0.05) is 11.3 Å². The lowest BCUT2D eigenvalue weighted by Gasteiger charge is -2.35. The monoisotopic (exact) mass is 414 g/mol. The molecule has 28 heavy (non-hydrogen) atoms. The molecule has 4 rings (SSSR count). The van der Waals surface area contributed by atoms with Crippen LogP contribution in [0.25, 0.3) is 0 Å². The molecule has 0 amide bonds. The van der Waals surface area contributed by atoms with E-state index in [0.717, 1.165) is 46.7 Å². The first-order valence-corrected chi connectivity index (χ1v) is 10.3. The summed E-state index contributed by atoms with van der Waals surface area (Å²) in [6.07, 6.45) is 3.68. The molecule has 146 valence electrons. The summed E-state index contributed by atoms with van der Waals surface area (Å²) in [6.45, 7) is 4.63. The number of rotatable bonds is 6. The Bertz CT molecular complexity index is 949. The van der Waals surface area contributed by atoms with Crippen molar-refractivity contribution < 1.29 is 4.74 Å². The van der Waals surface area contributed by atoms with E-state index in [9.17, 15) is 0 Å². The molecule has 0 atom stereocenters. The summed E-state index contributed by atoms with van der Waals surface area (Å²) in [5, 5.41) is 8.75. The third-order valence-electron chi connectivity index (χ3n) is 4.68. The molecular formula is C19H22N6OS2. The molecule has 1 aromatic carbocycles. The second kappa shape index (κ2) is 8.68. The fourth-order valence-corrected chi connectivity index (χ4v) is 4.15. The van der Waals surface area contributed by atoms with Gasteiger partial charge in [0.05, 0.1) is 13.8 Å².